The van der Waals surface area contributed by atoms with Gasteiger partial charge >= 0.3 is 0 Å². The third-order valence-electron chi connectivity index (χ3n) is 4.63. The number of amides is 1. The molecule has 0 rings (SSSR count). The molecule has 4 nitrogen and oxygen atoms in total. The SMILES string of the molecule is CCC/C=C/CCCC(=O)N(C)CC[N+](CC)(CC)CCO. The summed E-state index contributed by atoms with van der Waals surface area (Å²) in [4.78, 5) is 14.0. The van der Waals surface area contributed by atoms with Crippen LogP contribution >= 0.6 is 0 Å². The molecule has 0 saturated carbocycles. The molecule has 0 aliphatic heterocycles. The maximum absolute atomic E-state index is 12.1. The fourth-order valence-electron chi connectivity index (χ4n) is 2.63. The van der Waals surface area contributed by atoms with Gasteiger partial charge in [0.1, 0.15) is 6.54 Å². The molecule has 0 aromatic heterocycles. The maximum Gasteiger partial charge on any atom is 0.222 e. The van der Waals surface area contributed by atoms with E-state index in [4.69, 9.17) is 0 Å². The predicted octanol–water partition coefficient (Wildman–Crippen LogP) is 2.82. The van der Waals surface area contributed by atoms with Crippen molar-refractivity contribution < 1.29 is 14.4 Å². The highest BCUT2D eigenvalue weighted by Crippen LogP contribution is 2.07. The molecule has 1 N–H and O–H groups in total. The van der Waals surface area contributed by atoms with Crippen molar-refractivity contribution in [2.45, 2.75) is 52.9 Å². The Morgan fingerprint density at radius 3 is 2.27 bits per heavy atom. The second-order valence-corrected chi connectivity index (χ2v) is 6.11. The molecule has 130 valence electrons. The van der Waals surface area contributed by atoms with E-state index in [0.29, 0.717) is 6.42 Å². The summed E-state index contributed by atoms with van der Waals surface area (Å²) >= 11 is 0. The summed E-state index contributed by atoms with van der Waals surface area (Å²) in [6, 6.07) is 0. The number of hydrogen-bond acceptors (Lipinski definition) is 2. The molecule has 0 aromatic rings. The van der Waals surface area contributed by atoms with Crippen LogP contribution in [-0.2, 0) is 4.79 Å². The van der Waals surface area contributed by atoms with Crippen LogP contribution in [0.4, 0.5) is 0 Å². The Morgan fingerprint density at radius 2 is 1.73 bits per heavy atom. The molecule has 0 aliphatic rings. The molecule has 0 aliphatic carbocycles. The number of unbranched alkanes of at least 4 members (excludes halogenated alkanes) is 2. The Kier molecular flexibility index (Phi) is 12.2. The van der Waals surface area contributed by atoms with Gasteiger partial charge in [0.25, 0.3) is 0 Å². The normalized spacial score (nSPS) is 12.0. The van der Waals surface area contributed by atoms with Gasteiger partial charge in [-0.15, -0.1) is 0 Å². The van der Waals surface area contributed by atoms with Gasteiger partial charge in [-0.3, -0.25) is 4.79 Å². The van der Waals surface area contributed by atoms with Crippen molar-refractivity contribution in [3.05, 3.63) is 12.2 Å². The molecule has 1 amide bonds. The van der Waals surface area contributed by atoms with Gasteiger partial charge in [0.15, 0.2) is 0 Å². The number of nitrogens with zero attached hydrogens (tertiary/aromatic N) is 2. The van der Waals surface area contributed by atoms with Crippen LogP contribution in [0.25, 0.3) is 0 Å². The fraction of sp³-hybridized carbons (Fsp3) is 0.833. The number of carbonyl (C=O) groups excluding carboxylic acids is 1. The second kappa shape index (κ2) is 12.7. The molecular weight excluding hydrogens is 276 g/mol. The second-order valence-electron chi connectivity index (χ2n) is 6.11. The fourth-order valence-corrected chi connectivity index (χ4v) is 2.63. The van der Waals surface area contributed by atoms with E-state index < -0.39 is 0 Å². The van der Waals surface area contributed by atoms with Crippen LogP contribution < -0.4 is 0 Å². The van der Waals surface area contributed by atoms with Crippen LogP contribution in [0, 0.1) is 0 Å². The summed E-state index contributed by atoms with van der Waals surface area (Å²) in [5.74, 6) is 0.234. The van der Waals surface area contributed by atoms with Gasteiger partial charge in [0, 0.05) is 13.5 Å². The van der Waals surface area contributed by atoms with Crippen LogP contribution in [0.3, 0.4) is 0 Å². The third kappa shape index (κ3) is 8.54. The van der Waals surface area contributed by atoms with Crippen LogP contribution in [-0.4, -0.2) is 66.8 Å². The minimum Gasteiger partial charge on any atom is -0.391 e. The van der Waals surface area contributed by atoms with E-state index in [0.717, 1.165) is 56.5 Å². The quantitative estimate of drug-likeness (QED) is 0.323. The van der Waals surface area contributed by atoms with Crippen molar-refractivity contribution in [2.75, 3.05) is 46.4 Å². The summed E-state index contributed by atoms with van der Waals surface area (Å²) < 4.78 is 0.883. The molecule has 0 bridgehead atoms. The van der Waals surface area contributed by atoms with E-state index in [1.165, 1.54) is 6.42 Å². The number of aliphatic hydroxyl groups is 1. The number of aliphatic hydroxyl groups excluding tert-OH is 1. The van der Waals surface area contributed by atoms with Gasteiger partial charge in [0.2, 0.25) is 5.91 Å². The number of carbonyl (C=O) groups is 1. The van der Waals surface area contributed by atoms with Crippen molar-refractivity contribution >= 4 is 5.91 Å². The van der Waals surface area contributed by atoms with Gasteiger partial charge in [-0.1, -0.05) is 25.5 Å². The first kappa shape index (κ1) is 21.1. The van der Waals surface area contributed by atoms with E-state index in [9.17, 15) is 9.90 Å². The Labute approximate surface area is 137 Å². The minimum atomic E-state index is 0.212. The van der Waals surface area contributed by atoms with Crippen LogP contribution in [0.5, 0.6) is 0 Å². The molecule has 0 atom stereocenters. The van der Waals surface area contributed by atoms with E-state index in [-0.39, 0.29) is 12.5 Å². The first-order chi connectivity index (χ1) is 10.5. The van der Waals surface area contributed by atoms with Crippen LogP contribution in [0.15, 0.2) is 12.2 Å². The average Bonchev–Trinajstić information content (AvgIpc) is 2.54. The topological polar surface area (TPSA) is 40.5 Å². The Hall–Kier alpha value is -0.870. The van der Waals surface area contributed by atoms with E-state index in [1.54, 1.807) is 0 Å². The average molecular weight is 314 g/mol. The lowest BCUT2D eigenvalue weighted by atomic mass is 10.2. The van der Waals surface area contributed by atoms with E-state index >= 15 is 0 Å². The number of hydrogen-bond donors (Lipinski definition) is 1. The molecule has 0 fully saturated rings. The Morgan fingerprint density at radius 1 is 1.09 bits per heavy atom. The van der Waals surface area contributed by atoms with E-state index in [2.05, 4.69) is 32.9 Å². The van der Waals surface area contributed by atoms with Gasteiger partial charge < -0.3 is 14.5 Å². The molecule has 0 spiro atoms. The van der Waals surface area contributed by atoms with Gasteiger partial charge in [-0.25, -0.2) is 0 Å². The Bertz CT molecular complexity index is 312. The molecular formula is C18H37N2O2+. The highest BCUT2D eigenvalue weighted by atomic mass is 16.3. The van der Waals surface area contributed by atoms with Crippen molar-refractivity contribution in [2.24, 2.45) is 0 Å². The minimum absolute atomic E-state index is 0.212. The molecule has 0 aromatic carbocycles. The van der Waals surface area contributed by atoms with Crippen LogP contribution in [0.2, 0.25) is 0 Å². The lowest BCUT2D eigenvalue weighted by Gasteiger charge is -2.37. The summed E-state index contributed by atoms with van der Waals surface area (Å²) in [5.41, 5.74) is 0. The summed E-state index contributed by atoms with van der Waals surface area (Å²) in [5, 5.41) is 9.24. The standard InChI is InChI=1S/C18H37N2O2/c1-5-8-9-10-11-12-13-18(22)19(4)14-15-20(6-2,7-3)16-17-21/h9-10,21H,5-8,11-17H2,1-4H3/q+1/b10-9+. The van der Waals surface area contributed by atoms with Crippen molar-refractivity contribution in [3.63, 3.8) is 0 Å². The van der Waals surface area contributed by atoms with Gasteiger partial charge in [-0.2, -0.15) is 0 Å². The lowest BCUT2D eigenvalue weighted by molar-refractivity contribution is -0.924. The molecule has 4 heteroatoms. The largest absolute Gasteiger partial charge is 0.391 e. The van der Waals surface area contributed by atoms with Crippen molar-refractivity contribution in [1.29, 1.82) is 0 Å². The molecule has 22 heavy (non-hydrogen) atoms. The van der Waals surface area contributed by atoms with Gasteiger partial charge in [-0.05, 0) is 33.1 Å². The number of quaternary nitrogens is 1. The molecule has 0 heterocycles. The summed E-state index contributed by atoms with van der Waals surface area (Å²) in [7, 11) is 1.90. The first-order valence-corrected chi connectivity index (χ1v) is 8.90. The van der Waals surface area contributed by atoms with E-state index in [1.807, 2.05) is 11.9 Å². The third-order valence-corrected chi connectivity index (χ3v) is 4.63. The summed E-state index contributed by atoms with van der Waals surface area (Å²) in [6.07, 6.45) is 9.26. The van der Waals surface area contributed by atoms with Crippen molar-refractivity contribution in [3.8, 4) is 0 Å². The smallest absolute Gasteiger partial charge is 0.222 e. The lowest BCUT2D eigenvalue weighted by Crippen LogP contribution is -2.53. The van der Waals surface area contributed by atoms with Gasteiger partial charge in [0.05, 0.1) is 32.8 Å². The highest BCUT2D eigenvalue weighted by Gasteiger charge is 2.23. The zero-order valence-corrected chi connectivity index (χ0v) is 15.2. The first-order valence-electron chi connectivity index (χ1n) is 8.90. The van der Waals surface area contributed by atoms with Crippen molar-refractivity contribution in [1.82, 2.24) is 4.90 Å². The number of rotatable bonds is 13. The Balaban J connectivity index is 4.08. The zero-order valence-electron chi connectivity index (χ0n) is 15.2. The van der Waals surface area contributed by atoms with Crippen LogP contribution in [0.1, 0.15) is 52.9 Å². The molecule has 0 radical (unpaired) electrons. The maximum atomic E-state index is 12.1. The molecule has 0 saturated heterocycles. The number of allylic oxidation sites excluding steroid dienone is 2. The predicted molar refractivity (Wildman–Crippen MR) is 93.7 cm³/mol. The molecule has 0 unspecified atom stereocenters. The monoisotopic (exact) mass is 313 g/mol. The highest BCUT2D eigenvalue weighted by molar-refractivity contribution is 5.75. The summed E-state index contributed by atoms with van der Waals surface area (Å²) in [6.45, 7) is 11.2. The zero-order chi connectivity index (χ0) is 16.8. The number of likely N-dealkylation sites (N-methyl/N-ethyl adjacent to an activating group) is 2.